The first-order chi connectivity index (χ1) is 13.6. The van der Waals surface area contributed by atoms with Crippen molar-refractivity contribution in [3.05, 3.63) is 89.1 Å². The Kier molecular flexibility index (Phi) is 6.06. The maximum Gasteiger partial charge on any atom is 0.351 e. The van der Waals surface area contributed by atoms with Crippen molar-refractivity contribution in [1.29, 1.82) is 0 Å². The third-order valence-corrected chi connectivity index (χ3v) is 4.20. The standard InChI is InChI=1S/C21H22N4O3/c1-3-13-22-20(26)15-24-19(14-16-9-5-4-6-10-16)23-25(21(24)27)17-11-7-8-12-18(17)28-2/h3-12H,1,13-15H2,2H3,(H,22,26). The van der Waals surface area contributed by atoms with Gasteiger partial charge in [-0.25, -0.2) is 4.79 Å². The van der Waals surface area contributed by atoms with Crippen LogP contribution in [0.25, 0.3) is 5.69 Å². The summed E-state index contributed by atoms with van der Waals surface area (Å²) < 4.78 is 8.02. The summed E-state index contributed by atoms with van der Waals surface area (Å²) in [6.07, 6.45) is 2.01. The zero-order valence-corrected chi connectivity index (χ0v) is 15.7. The van der Waals surface area contributed by atoms with Crippen LogP contribution < -0.4 is 15.7 Å². The quantitative estimate of drug-likeness (QED) is 0.608. The molecule has 144 valence electrons. The number of methoxy groups -OCH3 is 1. The second-order valence-corrected chi connectivity index (χ2v) is 6.12. The first-order valence-corrected chi connectivity index (χ1v) is 8.87. The number of para-hydroxylation sites is 2. The van der Waals surface area contributed by atoms with Gasteiger partial charge in [0.15, 0.2) is 0 Å². The molecule has 1 heterocycles. The van der Waals surface area contributed by atoms with Gasteiger partial charge >= 0.3 is 5.69 Å². The van der Waals surface area contributed by atoms with Gasteiger partial charge in [-0.05, 0) is 17.7 Å². The van der Waals surface area contributed by atoms with Crippen molar-refractivity contribution in [3.63, 3.8) is 0 Å². The van der Waals surface area contributed by atoms with Gasteiger partial charge in [-0.3, -0.25) is 9.36 Å². The molecule has 3 aromatic rings. The van der Waals surface area contributed by atoms with E-state index >= 15 is 0 Å². The van der Waals surface area contributed by atoms with Gasteiger partial charge < -0.3 is 10.1 Å². The molecule has 0 spiro atoms. The van der Waals surface area contributed by atoms with Crippen LogP contribution in [0.15, 0.2) is 72.0 Å². The first-order valence-electron chi connectivity index (χ1n) is 8.87. The molecule has 0 fully saturated rings. The third kappa shape index (κ3) is 4.20. The Balaban J connectivity index is 2.04. The summed E-state index contributed by atoms with van der Waals surface area (Å²) in [5.74, 6) is 0.739. The normalized spacial score (nSPS) is 10.5. The number of amides is 1. The zero-order chi connectivity index (χ0) is 19.9. The highest BCUT2D eigenvalue weighted by Crippen LogP contribution is 2.20. The van der Waals surface area contributed by atoms with Crippen LogP contribution in [-0.4, -0.2) is 33.9 Å². The Labute approximate surface area is 162 Å². The summed E-state index contributed by atoms with van der Waals surface area (Å²) in [4.78, 5) is 25.3. The number of nitrogens with one attached hydrogen (secondary N) is 1. The van der Waals surface area contributed by atoms with Crippen molar-refractivity contribution >= 4 is 5.91 Å². The lowest BCUT2D eigenvalue weighted by Crippen LogP contribution is -2.33. The van der Waals surface area contributed by atoms with Crippen molar-refractivity contribution in [1.82, 2.24) is 19.7 Å². The summed E-state index contributed by atoms with van der Waals surface area (Å²) in [5, 5.41) is 7.20. The molecule has 0 aliphatic rings. The van der Waals surface area contributed by atoms with Crippen molar-refractivity contribution in [3.8, 4) is 11.4 Å². The van der Waals surface area contributed by atoms with Gasteiger partial charge in [0.25, 0.3) is 0 Å². The van der Waals surface area contributed by atoms with E-state index in [0.29, 0.717) is 30.2 Å². The highest BCUT2D eigenvalue weighted by atomic mass is 16.5. The maximum atomic E-state index is 13.1. The van der Waals surface area contributed by atoms with Gasteiger partial charge in [-0.15, -0.1) is 11.7 Å². The van der Waals surface area contributed by atoms with Crippen LogP contribution in [0.3, 0.4) is 0 Å². The fourth-order valence-electron chi connectivity index (χ4n) is 2.85. The van der Waals surface area contributed by atoms with E-state index in [1.165, 1.54) is 16.4 Å². The molecule has 0 aliphatic heterocycles. The lowest BCUT2D eigenvalue weighted by atomic mass is 10.1. The number of aromatic nitrogens is 3. The molecule has 0 unspecified atom stereocenters. The molecular weight excluding hydrogens is 356 g/mol. The third-order valence-electron chi connectivity index (χ3n) is 4.20. The minimum absolute atomic E-state index is 0.121. The van der Waals surface area contributed by atoms with Crippen LogP contribution in [-0.2, 0) is 17.8 Å². The fraction of sp³-hybridized carbons (Fsp3) is 0.190. The van der Waals surface area contributed by atoms with Crippen LogP contribution in [0.4, 0.5) is 0 Å². The van der Waals surface area contributed by atoms with E-state index in [1.54, 1.807) is 24.3 Å². The SMILES string of the molecule is C=CCNC(=O)Cn1c(Cc2ccccc2)nn(-c2ccccc2OC)c1=O. The average Bonchev–Trinajstić information content (AvgIpc) is 3.02. The first kappa shape index (κ1) is 19.2. The molecule has 7 heteroatoms. The molecule has 0 aliphatic carbocycles. The topological polar surface area (TPSA) is 78.2 Å². The van der Waals surface area contributed by atoms with E-state index in [9.17, 15) is 9.59 Å². The smallest absolute Gasteiger partial charge is 0.351 e. The molecule has 0 atom stereocenters. The molecule has 0 saturated heterocycles. The molecule has 0 radical (unpaired) electrons. The van der Waals surface area contributed by atoms with E-state index in [1.807, 2.05) is 36.4 Å². The average molecular weight is 378 g/mol. The van der Waals surface area contributed by atoms with Gasteiger partial charge in [0.1, 0.15) is 23.8 Å². The Morgan fingerprint density at radius 2 is 1.89 bits per heavy atom. The van der Waals surface area contributed by atoms with Crippen molar-refractivity contribution in [2.45, 2.75) is 13.0 Å². The predicted molar refractivity (Wildman–Crippen MR) is 107 cm³/mol. The molecule has 1 amide bonds. The molecule has 1 N–H and O–H groups in total. The minimum atomic E-state index is -0.399. The Bertz CT molecular complexity index is 1020. The lowest BCUT2D eigenvalue weighted by Gasteiger charge is -2.06. The van der Waals surface area contributed by atoms with Crippen molar-refractivity contribution < 1.29 is 9.53 Å². The summed E-state index contributed by atoms with van der Waals surface area (Å²) in [5.41, 5.74) is 1.12. The number of rotatable bonds is 8. The van der Waals surface area contributed by atoms with E-state index < -0.39 is 5.69 Å². The zero-order valence-electron chi connectivity index (χ0n) is 15.7. The number of hydrogen-bond donors (Lipinski definition) is 1. The second kappa shape index (κ2) is 8.85. The van der Waals surface area contributed by atoms with Crippen molar-refractivity contribution in [2.24, 2.45) is 0 Å². The Morgan fingerprint density at radius 3 is 2.61 bits per heavy atom. The van der Waals surface area contributed by atoms with Gasteiger partial charge in [0.2, 0.25) is 5.91 Å². The number of ether oxygens (including phenoxy) is 1. The van der Waals surface area contributed by atoms with Crippen LogP contribution in [0.2, 0.25) is 0 Å². The molecule has 2 aromatic carbocycles. The predicted octanol–water partition coefficient (Wildman–Crippen LogP) is 1.94. The summed E-state index contributed by atoms with van der Waals surface area (Å²) >= 11 is 0. The highest BCUT2D eigenvalue weighted by Gasteiger charge is 2.19. The maximum absolute atomic E-state index is 13.1. The van der Waals surface area contributed by atoms with Crippen LogP contribution >= 0.6 is 0 Å². The number of carbonyl (C=O) groups is 1. The highest BCUT2D eigenvalue weighted by molar-refractivity contribution is 5.75. The van der Waals surface area contributed by atoms with Gasteiger partial charge in [0.05, 0.1) is 7.11 Å². The monoisotopic (exact) mass is 378 g/mol. The summed E-state index contributed by atoms with van der Waals surface area (Å²) in [7, 11) is 1.54. The molecule has 1 aromatic heterocycles. The summed E-state index contributed by atoms with van der Waals surface area (Å²) in [6, 6.07) is 16.8. The summed E-state index contributed by atoms with van der Waals surface area (Å²) in [6.45, 7) is 3.79. The number of nitrogens with zero attached hydrogens (tertiary/aromatic N) is 3. The lowest BCUT2D eigenvalue weighted by molar-refractivity contribution is -0.121. The van der Waals surface area contributed by atoms with E-state index in [4.69, 9.17) is 4.74 Å². The minimum Gasteiger partial charge on any atom is -0.494 e. The van der Waals surface area contributed by atoms with E-state index in [2.05, 4.69) is 17.0 Å². The Morgan fingerprint density at radius 1 is 1.18 bits per heavy atom. The largest absolute Gasteiger partial charge is 0.494 e. The number of carbonyl (C=O) groups excluding carboxylic acids is 1. The molecule has 7 nitrogen and oxygen atoms in total. The van der Waals surface area contributed by atoms with Gasteiger partial charge in [0, 0.05) is 13.0 Å². The van der Waals surface area contributed by atoms with E-state index in [0.717, 1.165) is 5.56 Å². The molecular formula is C21H22N4O3. The van der Waals surface area contributed by atoms with Crippen LogP contribution in [0, 0.1) is 0 Å². The molecule has 28 heavy (non-hydrogen) atoms. The fourth-order valence-corrected chi connectivity index (χ4v) is 2.85. The second-order valence-electron chi connectivity index (χ2n) is 6.12. The van der Waals surface area contributed by atoms with E-state index in [-0.39, 0.29) is 12.5 Å². The van der Waals surface area contributed by atoms with Crippen LogP contribution in [0.1, 0.15) is 11.4 Å². The molecule has 0 bridgehead atoms. The molecule has 0 saturated carbocycles. The van der Waals surface area contributed by atoms with Crippen molar-refractivity contribution in [2.75, 3.05) is 13.7 Å². The number of benzene rings is 2. The number of hydrogen-bond acceptors (Lipinski definition) is 4. The Hall–Kier alpha value is -3.61. The van der Waals surface area contributed by atoms with Gasteiger partial charge in [-0.1, -0.05) is 48.5 Å². The van der Waals surface area contributed by atoms with Crippen LogP contribution in [0.5, 0.6) is 5.75 Å². The molecule has 3 rings (SSSR count). The van der Waals surface area contributed by atoms with Gasteiger partial charge in [-0.2, -0.15) is 4.68 Å².